The molecule has 2 amide bonds. The molecule has 1 fully saturated rings. The van der Waals surface area contributed by atoms with Crippen molar-refractivity contribution in [2.45, 2.75) is 31.3 Å². The SMILES string of the molecule is O=C(COC(=O)C[C@H](NC(=O)c1ccccc1)c1ccccc1)NC1CC1. The molecule has 1 aliphatic rings. The van der Waals surface area contributed by atoms with E-state index in [0.29, 0.717) is 5.56 Å². The highest BCUT2D eigenvalue weighted by Gasteiger charge is 2.24. The van der Waals surface area contributed by atoms with Gasteiger partial charge in [0.15, 0.2) is 6.61 Å². The lowest BCUT2D eigenvalue weighted by Gasteiger charge is -2.18. The molecule has 0 heterocycles. The molecule has 0 aliphatic heterocycles. The van der Waals surface area contributed by atoms with Gasteiger partial charge in [-0.15, -0.1) is 0 Å². The molecule has 0 unspecified atom stereocenters. The zero-order chi connectivity index (χ0) is 19.1. The summed E-state index contributed by atoms with van der Waals surface area (Å²) in [6.45, 7) is -0.302. The van der Waals surface area contributed by atoms with Crippen LogP contribution in [0.15, 0.2) is 60.7 Å². The number of rotatable bonds is 8. The molecule has 0 spiro atoms. The molecule has 0 saturated heterocycles. The van der Waals surface area contributed by atoms with Crippen molar-refractivity contribution in [1.29, 1.82) is 0 Å². The minimum atomic E-state index is -0.544. The van der Waals surface area contributed by atoms with Gasteiger partial charge in [-0.05, 0) is 30.5 Å². The number of ether oxygens (including phenoxy) is 1. The first-order valence-corrected chi connectivity index (χ1v) is 8.97. The molecule has 1 aliphatic carbocycles. The number of hydrogen-bond donors (Lipinski definition) is 2. The molecule has 1 atom stereocenters. The lowest BCUT2D eigenvalue weighted by atomic mass is 10.0. The third-order valence-corrected chi connectivity index (χ3v) is 4.22. The Kier molecular flexibility index (Phi) is 6.20. The highest BCUT2D eigenvalue weighted by atomic mass is 16.5. The summed E-state index contributed by atoms with van der Waals surface area (Å²) in [6, 6.07) is 17.7. The van der Waals surface area contributed by atoms with Crippen LogP contribution in [0.5, 0.6) is 0 Å². The van der Waals surface area contributed by atoms with E-state index in [1.54, 1.807) is 24.3 Å². The number of carbonyl (C=O) groups is 3. The second-order valence-corrected chi connectivity index (χ2v) is 6.51. The second kappa shape index (κ2) is 8.98. The smallest absolute Gasteiger partial charge is 0.308 e. The molecular weight excluding hydrogens is 344 g/mol. The molecule has 2 aromatic rings. The fourth-order valence-corrected chi connectivity index (χ4v) is 2.64. The van der Waals surface area contributed by atoms with Crippen LogP contribution in [-0.2, 0) is 14.3 Å². The van der Waals surface area contributed by atoms with Crippen LogP contribution in [0.4, 0.5) is 0 Å². The van der Waals surface area contributed by atoms with E-state index in [0.717, 1.165) is 18.4 Å². The number of esters is 1. The van der Waals surface area contributed by atoms with Gasteiger partial charge in [-0.1, -0.05) is 48.5 Å². The van der Waals surface area contributed by atoms with E-state index >= 15 is 0 Å². The van der Waals surface area contributed by atoms with Gasteiger partial charge in [0.25, 0.3) is 11.8 Å². The van der Waals surface area contributed by atoms with Crippen molar-refractivity contribution in [3.05, 3.63) is 71.8 Å². The van der Waals surface area contributed by atoms with Crippen molar-refractivity contribution in [2.75, 3.05) is 6.61 Å². The highest BCUT2D eigenvalue weighted by Crippen LogP contribution is 2.19. The molecule has 0 radical (unpaired) electrons. The Hall–Kier alpha value is -3.15. The van der Waals surface area contributed by atoms with Crippen LogP contribution in [0, 0.1) is 0 Å². The lowest BCUT2D eigenvalue weighted by Crippen LogP contribution is -2.33. The number of nitrogens with one attached hydrogen (secondary N) is 2. The molecule has 6 heteroatoms. The normalized spacial score (nSPS) is 14.1. The molecule has 1 saturated carbocycles. The summed E-state index contributed by atoms with van der Waals surface area (Å²) in [5.74, 6) is -1.11. The van der Waals surface area contributed by atoms with Crippen LogP contribution in [-0.4, -0.2) is 30.4 Å². The zero-order valence-electron chi connectivity index (χ0n) is 14.9. The second-order valence-electron chi connectivity index (χ2n) is 6.51. The summed E-state index contributed by atoms with van der Waals surface area (Å²) in [6.07, 6.45) is 1.89. The summed E-state index contributed by atoms with van der Waals surface area (Å²) in [4.78, 5) is 36.3. The molecule has 3 rings (SSSR count). The Morgan fingerprint density at radius 2 is 1.59 bits per heavy atom. The third kappa shape index (κ3) is 5.95. The first kappa shape index (κ1) is 18.6. The van der Waals surface area contributed by atoms with Crippen LogP contribution in [0.25, 0.3) is 0 Å². The molecule has 6 nitrogen and oxygen atoms in total. The van der Waals surface area contributed by atoms with Gasteiger partial charge in [0.1, 0.15) is 0 Å². The van der Waals surface area contributed by atoms with Crippen LogP contribution in [0.1, 0.15) is 41.2 Å². The van der Waals surface area contributed by atoms with Crippen LogP contribution in [0.2, 0.25) is 0 Å². The molecule has 0 bridgehead atoms. The number of benzene rings is 2. The molecule has 0 aromatic heterocycles. The topological polar surface area (TPSA) is 84.5 Å². The minimum Gasteiger partial charge on any atom is -0.456 e. The summed E-state index contributed by atoms with van der Waals surface area (Å²) < 4.78 is 5.07. The standard InChI is InChI=1S/C21H22N2O4/c24-19(22-17-11-12-17)14-27-20(25)13-18(15-7-3-1-4-8-15)23-21(26)16-9-5-2-6-10-16/h1-10,17-18H,11-14H2,(H,22,24)(H,23,26)/t18-/m0/s1. The summed E-state index contributed by atoms with van der Waals surface area (Å²) in [5, 5.41) is 5.63. The number of amides is 2. The maximum Gasteiger partial charge on any atom is 0.308 e. The minimum absolute atomic E-state index is 0.0563. The van der Waals surface area contributed by atoms with E-state index in [1.165, 1.54) is 0 Å². The first-order chi connectivity index (χ1) is 13.1. The summed E-state index contributed by atoms with van der Waals surface area (Å²) in [5.41, 5.74) is 1.30. The van der Waals surface area contributed by atoms with Crippen molar-refractivity contribution in [3.63, 3.8) is 0 Å². The number of carbonyl (C=O) groups excluding carboxylic acids is 3. The largest absolute Gasteiger partial charge is 0.456 e. The predicted octanol–water partition coefficient (Wildman–Crippen LogP) is 2.37. The highest BCUT2D eigenvalue weighted by molar-refractivity contribution is 5.94. The molecule has 27 heavy (non-hydrogen) atoms. The predicted molar refractivity (Wildman–Crippen MR) is 99.8 cm³/mol. The van der Waals surface area contributed by atoms with Gasteiger partial charge in [-0.2, -0.15) is 0 Å². The van der Waals surface area contributed by atoms with Crippen molar-refractivity contribution < 1.29 is 19.1 Å². The van der Waals surface area contributed by atoms with E-state index in [9.17, 15) is 14.4 Å². The van der Waals surface area contributed by atoms with Crippen LogP contribution in [0.3, 0.4) is 0 Å². The van der Waals surface area contributed by atoms with E-state index in [1.807, 2.05) is 36.4 Å². The quantitative estimate of drug-likeness (QED) is 0.703. The molecular formula is C21H22N2O4. The summed E-state index contributed by atoms with van der Waals surface area (Å²) >= 11 is 0. The van der Waals surface area contributed by atoms with Gasteiger partial charge in [0, 0.05) is 11.6 Å². The summed E-state index contributed by atoms with van der Waals surface area (Å²) in [7, 11) is 0. The Balaban J connectivity index is 1.60. The average Bonchev–Trinajstić information content (AvgIpc) is 3.51. The van der Waals surface area contributed by atoms with Gasteiger partial charge < -0.3 is 15.4 Å². The number of hydrogen-bond acceptors (Lipinski definition) is 4. The first-order valence-electron chi connectivity index (χ1n) is 8.97. The zero-order valence-corrected chi connectivity index (χ0v) is 14.9. The Bertz CT molecular complexity index is 788. The van der Waals surface area contributed by atoms with Crippen molar-refractivity contribution in [1.82, 2.24) is 10.6 Å². The van der Waals surface area contributed by atoms with E-state index in [4.69, 9.17) is 4.74 Å². The van der Waals surface area contributed by atoms with Crippen LogP contribution < -0.4 is 10.6 Å². The fraction of sp³-hybridized carbons (Fsp3) is 0.286. The third-order valence-electron chi connectivity index (χ3n) is 4.22. The monoisotopic (exact) mass is 366 g/mol. The van der Waals surface area contributed by atoms with E-state index in [-0.39, 0.29) is 30.9 Å². The van der Waals surface area contributed by atoms with Gasteiger partial charge in [-0.25, -0.2) is 0 Å². The van der Waals surface area contributed by atoms with E-state index in [2.05, 4.69) is 10.6 Å². The van der Waals surface area contributed by atoms with Crippen LogP contribution >= 0.6 is 0 Å². The van der Waals surface area contributed by atoms with Gasteiger partial charge in [-0.3, -0.25) is 14.4 Å². The fourth-order valence-electron chi connectivity index (χ4n) is 2.64. The molecule has 140 valence electrons. The Morgan fingerprint density at radius 3 is 2.22 bits per heavy atom. The maximum atomic E-state index is 12.5. The van der Waals surface area contributed by atoms with E-state index < -0.39 is 12.0 Å². The van der Waals surface area contributed by atoms with Crippen molar-refractivity contribution in [2.24, 2.45) is 0 Å². The van der Waals surface area contributed by atoms with Crippen molar-refractivity contribution >= 4 is 17.8 Å². The van der Waals surface area contributed by atoms with Crippen molar-refractivity contribution in [3.8, 4) is 0 Å². The van der Waals surface area contributed by atoms with Gasteiger partial charge in [0.05, 0.1) is 12.5 Å². The Labute approximate surface area is 157 Å². The van der Waals surface area contributed by atoms with Gasteiger partial charge >= 0.3 is 5.97 Å². The van der Waals surface area contributed by atoms with Gasteiger partial charge in [0.2, 0.25) is 0 Å². The molecule has 2 aromatic carbocycles. The average molecular weight is 366 g/mol. The molecule has 2 N–H and O–H groups in total. The lowest BCUT2D eigenvalue weighted by molar-refractivity contribution is -0.149. The Morgan fingerprint density at radius 1 is 0.963 bits per heavy atom. The maximum absolute atomic E-state index is 12.5.